The molecule has 0 saturated carbocycles. The number of carboxylic acid groups (broad SMARTS) is 1. The fourth-order valence-electron chi connectivity index (χ4n) is 2.56. The summed E-state index contributed by atoms with van der Waals surface area (Å²) in [5, 5.41) is 9.34. The predicted octanol–water partition coefficient (Wildman–Crippen LogP) is 2.16. The van der Waals surface area contributed by atoms with E-state index in [2.05, 4.69) is 0 Å². The molecule has 1 heterocycles. The summed E-state index contributed by atoms with van der Waals surface area (Å²) < 4.78 is 35.1. The summed E-state index contributed by atoms with van der Waals surface area (Å²) in [7, 11) is -4.07. The molecule has 1 saturated heterocycles. The number of carboxylic acids is 1. The molecule has 1 aliphatic heterocycles. The molecule has 1 fully saturated rings. The van der Waals surface area contributed by atoms with Crippen LogP contribution in [-0.2, 0) is 23.8 Å². The van der Waals surface area contributed by atoms with E-state index >= 15 is 0 Å². The lowest BCUT2D eigenvalue weighted by atomic mass is 10.2. The standard InChI is InChI=1S/C17H23NO7S/c1-11-5-7-13(8-6-11)26(22,23)25-12-9-14(15(19)20)18(10-12)16(21)24-17(2,3)4/h5-8,12,14H,9-10H2,1-4H3,(H,19,20)/t12-,14+/m1/s1. The predicted molar refractivity (Wildman–Crippen MR) is 92.2 cm³/mol. The first-order valence-electron chi connectivity index (χ1n) is 8.11. The van der Waals surface area contributed by atoms with Crippen molar-refractivity contribution in [1.29, 1.82) is 0 Å². The van der Waals surface area contributed by atoms with Crippen LogP contribution in [0.25, 0.3) is 0 Å². The highest BCUT2D eigenvalue weighted by Gasteiger charge is 2.43. The van der Waals surface area contributed by atoms with E-state index in [0.717, 1.165) is 10.5 Å². The number of nitrogens with zero attached hydrogens (tertiary/aromatic N) is 1. The number of rotatable bonds is 4. The van der Waals surface area contributed by atoms with Crippen LogP contribution >= 0.6 is 0 Å². The number of benzene rings is 1. The first-order chi connectivity index (χ1) is 11.9. The Hall–Kier alpha value is -2.13. The molecule has 1 aromatic carbocycles. The molecule has 2 atom stereocenters. The lowest BCUT2D eigenvalue weighted by molar-refractivity contribution is -0.142. The van der Waals surface area contributed by atoms with E-state index in [0.29, 0.717) is 0 Å². The zero-order valence-corrected chi connectivity index (χ0v) is 15.9. The zero-order chi connectivity index (χ0) is 19.7. The van der Waals surface area contributed by atoms with Gasteiger partial charge in [-0.05, 0) is 39.8 Å². The van der Waals surface area contributed by atoms with Gasteiger partial charge in [0.15, 0.2) is 0 Å². The molecule has 0 unspecified atom stereocenters. The highest BCUT2D eigenvalue weighted by Crippen LogP contribution is 2.26. The van der Waals surface area contributed by atoms with Crippen LogP contribution in [0, 0.1) is 6.92 Å². The van der Waals surface area contributed by atoms with Crippen LogP contribution in [0.3, 0.4) is 0 Å². The molecule has 26 heavy (non-hydrogen) atoms. The molecule has 9 heteroatoms. The maximum atomic E-state index is 12.4. The van der Waals surface area contributed by atoms with Gasteiger partial charge in [-0.3, -0.25) is 9.08 Å². The van der Waals surface area contributed by atoms with Gasteiger partial charge in [-0.1, -0.05) is 17.7 Å². The van der Waals surface area contributed by atoms with E-state index in [-0.39, 0.29) is 17.9 Å². The Kier molecular flexibility index (Phi) is 5.62. The van der Waals surface area contributed by atoms with E-state index < -0.39 is 39.9 Å². The summed E-state index contributed by atoms with van der Waals surface area (Å²) in [6.07, 6.45) is -1.92. The minimum atomic E-state index is -4.07. The van der Waals surface area contributed by atoms with Crippen LogP contribution in [0.5, 0.6) is 0 Å². The van der Waals surface area contributed by atoms with Crippen molar-refractivity contribution in [3.8, 4) is 0 Å². The van der Waals surface area contributed by atoms with Crippen molar-refractivity contribution in [3.05, 3.63) is 29.8 Å². The number of hydrogen-bond donors (Lipinski definition) is 1. The van der Waals surface area contributed by atoms with Crippen molar-refractivity contribution in [2.24, 2.45) is 0 Å². The van der Waals surface area contributed by atoms with Crippen molar-refractivity contribution in [3.63, 3.8) is 0 Å². The molecule has 0 aliphatic carbocycles. The summed E-state index contributed by atoms with van der Waals surface area (Å²) in [5.41, 5.74) is 0.0967. The Morgan fingerprint density at radius 3 is 2.27 bits per heavy atom. The fraction of sp³-hybridized carbons (Fsp3) is 0.529. The molecule has 144 valence electrons. The van der Waals surface area contributed by atoms with Gasteiger partial charge in [-0.25, -0.2) is 9.59 Å². The Labute approximate surface area is 152 Å². The maximum Gasteiger partial charge on any atom is 0.411 e. The second-order valence-electron chi connectivity index (χ2n) is 7.21. The van der Waals surface area contributed by atoms with E-state index in [4.69, 9.17) is 8.92 Å². The number of aliphatic carboxylic acids is 1. The number of aryl methyl sites for hydroxylation is 1. The molecular formula is C17H23NO7S. The topological polar surface area (TPSA) is 110 Å². The normalized spacial score (nSPS) is 20.8. The van der Waals surface area contributed by atoms with Crippen molar-refractivity contribution in [1.82, 2.24) is 4.90 Å². The van der Waals surface area contributed by atoms with E-state index in [1.807, 2.05) is 6.92 Å². The Balaban J connectivity index is 2.15. The van der Waals surface area contributed by atoms with Gasteiger partial charge in [0.2, 0.25) is 0 Å². The summed E-state index contributed by atoms with van der Waals surface area (Å²) in [5.74, 6) is -1.24. The van der Waals surface area contributed by atoms with Crippen LogP contribution in [0.15, 0.2) is 29.2 Å². The average Bonchev–Trinajstić information content (AvgIpc) is 2.89. The monoisotopic (exact) mass is 385 g/mol. The Morgan fingerprint density at radius 2 is 1.77 bits per heavy atom. The van der Waals surface area contributed by atoms with Gasteiger partial charge >= 0.3 is 12.1 Å². The van der Waals surface area contributed by atoms with Crippen molar-refractivity contribution >= 4 is 22.2 Å². The fourth-order valence-corrected chi connectivity index (χ4v) is 3.64. The minimum Gasteiger partial charge on any atom is -0.480 e. The molecule has 0 aromatic heterocycles. The van der Waals surface area contributed by atoms with Crippen LogP contribution in [0.4, 0.5) is 4.79 Å². The van der Waals surface area contributed by atoms with Crippen molar-refractivity contribution in [2.45, 2.75) is 56.8 Å². The third-order valence-corrected chi connectivity index (χ3v) is 5.12. The van der Waals surface area contributed by atoms with Gasteiger partial charge in [-0.2, -0.15) is 8.42 Å². The molecule has 0 spiro atoms. The molecule has 1 N–H and O–H groups in total. The number of ether oxygens (including phenoxy) is 1. The molecule has 1 amide bonds. The molecule has 0 radical (unpaired) electrons. The number of hydrogen-bond acceptors (Lipinski definition) is 6. The summed E-state index contributed by atoms with van der Waals surface area (Å²) >= 11 is 0. The second-order valence-corrected chi connectivity index (χ2v) is 8.78. The highest BCUT2D eigenvalue weighted by molar-refractivity contribution is 7.86. The van der Waals surface area contributed by atoms with Gasteiger partial charge in [-0.15, -0.1) is 0 Å². The van der Waals surface area contributed by atoms with Gasteiger partial charge in [0.1, 0.15) is 11.6 Å². The van der Waals surface area contributed by atoms with Gasteiger partial charge in [0.05, 0.1) is 17.5 Å². The van der Waals surface area contributed by atoms with E-state index in [9.17, 15) is 23.1 Å². The third kappa shape index (κ3) is 4.95. The van der Waals surface area contributed by atoms with Crippen LogP contribution < -0.4 is 0 Å². The Morgan fingerprint density at radius 1 is 1.19 bits per heavy atom. The summed E-state index contributed by atoms with van der Waals surface area (Å²) in [6.45, 7) is 6.62. The first-order valence-corrected chi connectivity index (χ1v) is 9.52. The first kappa shape index (κ1) is 20.2. The number of amides is 1. The maximum absolute atomic E-state index is 12.4. The van der Waals surface area contributed by atoms with Crippen molar-refractivity contribution < 1.29 is 32.0 Å². The quantitative estimate of drug-likeness (QED) is 0.791. The molecule has 8 nitrogen and oxygen atoms in total. The average molecular weight is 385 g/mol. The second kappa shape index (κ2) is 7.24. The lowest BCUT2D eigenvalue weighted by Gasteiger charge is -2.26. The van der Waals surface area contributed by atoms with E-state index in [1.54, 1.807) is 32.9 Å². The molecule has 2 rings (SSSR count). The minimum absolute atomic E-state index is 0.0225. The van der Waals surface area contributed by atoms with Crippen LogP contribution in [0.2, 0.25) is 0 Å². The van der Waals surface area contributed by atoms with Gasteiger partial charge in [0, 0.05) is 6.42 Å². The molecule has 0 bridgehead atoms. The van der Waals surface area contributed by atoms with Gasteiger partial charge < -0.3 is 9.84 Å². The Bertz CT molecular complexity index is 780. The van der Waals surface area contributed by atoms with E-state index in [1.165, 1.54) is 12.1 Å². The SMILES string of the molecule is Cc1ccc(S(=O)(=O)O[C@@H]2C[C@@H](C(=O)O)N(C(=O)OC(C)(C)C)C2)cc1. The highest BCUT2D eigenvalue weighted by atomic mass is 32.2. The molecule has 1 aliphatic rings. The number of carbonyl (C=O) groups excluding carboxylic acids is 1. The number of likely N-dealkylation sites (tertiary alicyclic amines) is 1. The lowest BCUT2D eigenvalue weighted by Crippen LogP contribution is -2.43. The molecular weight excluding hydrogens is 362 g/mol. The zero-order valence-electron chi connectivity index (χ0n) is 15.1. The smallest absolute Gasteiger partial charge is 0.411 e. The third-order valence-electron chi connectivity index (χ3n) is 3.75. The summed E-state index contributed by atoms with van der Waals surface area (Å²) in [4.78, 5) is 24.6. The van der Waals surface area contributed by atoms with Gasteiger partial charge in [0.25, 0.3) is 10.1 Å². The molecule has 1 aromatic rings. The number of carbonyl (C=O) groups is 2. The van der Waals surface area contributed by atoms with Crippen LogP contribution in [0.1, 0.15) is 32.8 Å². The van der Waals surface area contributed by atoms with Crippen LogP contribution in [-0.4, -0.2) is 54.8 Å². The van der Waals surface area contributed by atoms with Crippen molar-refractivity contribution in [2.75, 3.05) is 6.54 Å². The summed E-state index contributed by atoms with van der Waals surface area (Å²) in [6, 6.07) is 4.90. The largest absolute Gasteiger partial charge is 0.480 e.